The van der Waals surface area contributed by atoms with Crippen molar-refractivity contribution in [3.63, 3.8) is 0 Å². The molecule has 0 aromatic heterocycles. The molecule has 1 N–H and O–H groups in total. The van der Waals surface area contributed by atoms with Gasteiger partial charge >= 0.3 is 0 Å². The van der Waals surface area contributed by atoms with Crippen molar-refractivity contribution in [3.05, 3.63) is 95.8 Å². The van der Waals surface area contributed by atoms with Crippen molar-refractivity contribution >= 4 is 5.69 Å². The first-order valence-corrected chi connectivity index (χ1v) is 13.5. The van der Waals surface area contributed by atoms with E-state index in [1.807, 2.05) is 24.3 Å². The number of ether oxygens (including phenoxy) is 1. The fourth-order valence-electron chi connectivity index (χ4n) is 5.69. The topological polar surface area (TPSA) is 39.2 Å². The highest BCUT2D eigenvalue weighted by molar-refractivity contribution is 5.53. The van der Waals surface area contributed by atoms with Crippen molar-refractivity contribution in [2.45, 2.75) is 25.6 Å². The summed E-state index contributed by atoms with van der Waals surface area (Å²) >= 11 is 0. The summed E-state index contributed by atoms with van der Waals surface area (Å²) in [6.07, 6.45) is 2.07. The number of piperidine rings is 1. The van der Waals surface area contributed by atoms with Crippen LogP contribution < -0.4 is 9.64 Å². The van der Waals surface area contributed by atoms with Crippen molar-refractivity contribution in [1.29, 1.82) is 0 Å². The predicted molar refractivity (Wildman–Crippen MR) is 146 cm³/mol. The van der Waals surface area contributed by atoms with E-state index in [1.165, 1.54) is 17.8 Å². The zero-order valence-electron chi connectivity index (χ0n) is 21.5. The Kier molecular flexibility index (Phi) is 8.72. The molecule has 0 saturated carbocycles. The number of hydrogen-bond donors (Lipinski definition) is 1. The number of likely N-dealkylation sites (tertiary alicyclic amines) is 1. The Labute approximate surface area is 220 Å². The number of halogens is 1. The van der Waals surface area contributed by atoms with Crippen LogP contribution in [0.5, 0.6) is 5.75 Å². The van der Waals surface area contributed by atoms with Crippen LogP contribution in [-0.4, -0.2) is 67.3 Å². The first-order chi connectivity index (χ1) is 18.2. The van der Waals surface area contributed by atoms with Crippen LogP contribution in [0, 0.1) is 11.7 Å². The molecule has 6 heteroatoms. The van der Waals surface area contributed by atoms with Gasteiger partial charge in [0.1, 0.15) is 17.7 Å². The van der Waals surface area contributed by atoms with Crippen LogP contribution in [0.25, 0.3) is 0 Å². The molecule has 0 spiro atoms. The molecule has 0 radical (unpaired) electrons. The maximum absolute atomic E-state index is 13.8. The minimum atomic E-state index is -0.266. The summed E-state index contributed by atoms with van der Waals surface area (Å²) in [5, 5.41) is 9.67. The Balaban J connectivity index is 1.11. The van der Waals surface area contributed by atoms with Gasteiger partial charge in [-0.25, -0.2) is 4.39 Å². The minimum absolute atomic E-state index is 0.0694. The molecule has 37 heavy (non-hydrogen) atoms. The Morgan fingerprint density at radius 1 is 0.784 bits per heavy atom. The normalized spacial score (nSPS) is 18.6. The number of hydrogen-bond acceptors (Lipinski definition) is 5. The van der Waals surface area contributed by atoms with Crippen molar-refractivity contribution in [2.24, 2.45) is 5.92 Å². The van der Waals surface area contributed by atoms with E-state index in [0.29, 0.717) is 11.7 Å². The smallest absolute Gasteiger partial charge is 0.127 e. The molecule has 0 aliphatic carbocycles. The van der Waals surface area contributed by atoms with Gasteiger partial charge in [-0.3, -0.25) is 4.90 Å². The second-order valence-electron chi connectivity index (χ2n) is 10.2. The van der Waals surface area contributed by atoms with Crippen LogP contribution in [0.4, 0.5) is 10.1 Å². The molecule has 2 fully saturated rings. The molecule has 3 aromatic carbocycles. The van der Waals surface area contributed by atoms with Crippen molar-refractivity contribution in [2.75, 3.05) is 57.3 Å². The SMILES string of the molecule is OCc1ccccc1N1CCN(CCN2CCC(C(Oc3cccc(F)c3)c3ccccc3)CC2)CC1. The number of nitrogens with zero attached hydrogens (tertiary/aromatic N) is 3. The van der Waals surface area contributed by atoms with E-state index in [-0.39, 0.29) is 18.5 Å². The number of anilines is 1. The first-order valence-electron chi connectivity index (χ1n) is 13.5. The standard InChI is InChI=1S/C31H38FN3O2/c32-28-10-6-11-29(23-28)37-31(25-7-2-1-3-8-25)26-13-15-33(16-14-26)17-18-34-19-21-35(22-20-34)30-12-5-4-9-27(30)24-36/h1-12,23,26,31,36H,13-22,24H2. The largest absolute Gasteiger partial charge is 0.485 e. The molecule has 5 rings (SSSR count). The summed E-state index contributed by atoms with van der Waals surface area (Å²) in [4.78, 5) is 7.54. The summed E-state index contributed by atoms with van der Waals surface area (Å²) < 4.78 is 20.2. The lowest BCUT2D eigenvalue weighted by atomic mass is 9.87. The number of rotatable bonds is 9. The van der Waals surface area contributed by atoms with Gasteiger partial charge in [0.05, 0.1) is 6.61 Å². The van der Waals surface area contributed by atoms with Gasteiger partial charge in [-0.1, -0.05) is 54.6 Å². The van der Waals surface area contributed by atoms with Crippen LogP contribution in [0.1, 0.15) is 30.1 Å². The van der Waals surface area contributed by atoms with Gasteiger partial charge in [0.2, 0.25) is 0 Å². The molecule has 5 nitrogen and oxygen atoms in total. The van der Waals surface area contributed by atoms with Crippen molar-refractivity contribution < 1.29 is 14.2 Å². The zero-order valence-corrected chi connectivity index (χ0v) is 21.5. The van der Waals surface area contributed by atoms with E-state index in [9.17, 15) is 9.50 Å². The van der Waals surface area contributed by atoms with E-state index >= 15 is 0 Å². The Bertz CT molecular complexity index is 1110. The molecule has 1 atom stereocenters. The Morgan fingerprint density at radius 3 is 2.16 bits per heavy atom. The molecule has 0 bridgehead atoms. The Hall–Kier alpha value is -2.93. The van der Waals surface area contributed by atoms with E-state index in [1.54, 1.807) is 6.07 Å². The monoisotopic (exact) mass is 503 g/mol. The summed E-state index contributed by atoms with van der Waals surface area (Å²) in [5.41, 5.74) is 3.33. The molecule has 196 valence electrons. The molecule has 2 saturated heterocycles. The summed E-state index contributed by atoms with van der Waals surface area (Å²) in [5.74, 6) is 0.728. The summed E-state index contributed by atoms with van der Waals surface area (Å²) in [6.45, 7) is 8.47. The van der Waals surface area contributed by atoms with Crippen molar-refractivity contribution in [1.82, 2.24) is 9.80 Å². The quantitative estimate of drug-likeness (QED) is 0.446. The second kappa shape index (κ2) is 12.5. The van der Waals surface area contributed by atoms with Gasteiger partial charge in [0.15, 0.2) is 0 Å². The highest BCUT2D eigenvalue weighted by Crippen LogP contribution is 2.35. The Morgan fingerprint density at radius 2 is 1.46 bits per heavy atom. The van der Waals surface area contributed by atoms with E-state index in [0.717, 1.165) is 76.3 Å². The number of aliphatic hydroxyl groups is 1. The fourth-order valence-corrected chi connectivity index (χ4v) is 5.69. The molecule has 0 amide bonds. The molecular formula is C31H38FN3O2. The number of benzene rings is 3. The van der Waals surface area contributed by atoms with E-state index in [2.05, 4.69) is 51.1 Å². The van der Waals surface area contributed by atoms with Gasteiger partial charge in [-0.05, 0) is 49.7 Å². The summed E-state index contributed by atoms with van der Waals surface area (Å²) in [6, 6.07) is 25.0. The second-order valence-corrected chi connectivity index (χ2v) is 10.2. The maximum atomic E-state index is 13.8. The van der Waals surface area contributed by atoms with Gasteiger partial charge in [-0.15, -0.1) is 0 Å². The summed E-state index contributed by atoms with van der Waals surface area (Å²) in [7, 11) is 0. The van der Waals surface area contributed by atoms with Gasteiger partial charge in [0, 0.05) is 62.5 Å². The van der Waals surface area contributed by atoms with Gasteiger partial charge in [0.25, 0.3) is 0 Å². The third kappa shape index (κ3) is 6.69. The maximum Gasteiger partial charge on any atom is 0.127 e. The molecule has 2 heterocycles. The third-order valence-corrected chi connectivity index (χ3v) is 7.86. The minimum Gasteiger partial charge on any atom is -0.485 e. The van der Waals surface area contributed by atoms with Crippen molar-refractivity contribution in [3.8, 4) is 5.75 Å². The molecule has 2 aliphatic heterocycles. The average molecular weight is 504 g/mol. The lowest BCUT2D eigenvalue weighted by Crippen LogP contribution is -2.49. The van der Waals surface area contributed by atoms with Crippen LogP contribution in [0.2, 0.25) is 0 Å². The highest BCUT2D eigenvalue weighted by Gasteiger charge is 2.30. The van der Waals surface area contributed by atoms with Crippen LogP contribution in [-0.2, 0) is 6.61 Å². The van der Waals surface area contributed by atoms with E-state index < -0.39 is 0 Å². The highest BCUT2D eigenvalue weighted by atomic mass is 19.1. The van der Waals surface area contributed by atoms with Gasteiger partial charge < -0.3 is 19.6 Å². The molecule has 3 aromatic rings. The number of piperazine rings is 1. The van der Waals surface area contributed by atoms with Crippen LogP contribution in [0.3, 0.4) is 0 Å². The first kappa shape index (κ1) is 25.7. The van der Waals surface area contributed by atoms with Crippen LogP contribution >= 0.6 is 0 Å². The number of para-hydroxylation sites is 1. The third-order valence-electron chi connectivity index (χ3n) is 7.86. The molecule has 1 unspecified atom stereocenters. The molecular weight excluding hydrogens is 465 g/mol. The fraction of sp³-hybridized carbons (Fsp3) is 0.419. The zero-order chi connectivity index (χ0) is 25.5. The van der Waals surface area contributed by atoms with Gasteiger partial charge in [-0.2, -0.15) is 0 Å². The molecule has 2 aliphatic rings. The average Bonchev–Trinajstić information content (AvgIpc) is 2.96. The van der Waals surface area contributed by atoms with Crippen LogP contribution in [0.15, 0.2) is 78.9 Å². The predicted octanol–water partition coefficient (Wildman–Crippen LogP) is 4.97. The lowest BCUT2D eigenvalue weighted by molar-refractivity contribution is 0.0716. The lowest BCUT2D eigenvalue weighted by Gasteiger charge is -2.39. The van der Waals surface area contributed by atoms with E-state index in [4.69, 9.17) is 4.74 Å². The number of aliphatic hydroxyl groups excluding tert-OH is 1.